The van der Waals surface area contributed by atoms with Crippen LogP contribution < -0.4 is 5.73 Å². The maximum Gasteiger partial charge on any atom is 0.254 e. The molecule has 1 aliphatic heterocycles. The minimum Gasteiger partial charge on any atom is -0.336 e. The molecule has 0 aromatic carbocycles. The zero-order valence-electron chi connectivity index (χ0n) is 11.4. The maximum absolute atomic E-state index is 12.5. The number of carbonyl (C=O) groups is 1. The van der Waals surface area contributed by atoms with Crippen LogP contribution in [0.25, 0.3) is 5.52 Å². The van der Waals surface area contributed by atoms with Gasteiger partial charge in [0.1, 0.15) is 0 Å². The summed E-state index contributed by atoms with van der Waals surface area (Å²) in [5.41, 5.74) is 7.23. The third-order valence-electron chi connectivity index (χ3n) is 3.77. The van der Waals surface area contributed by atoms with Crippen LogP contribution in [-0.2, 0) is 0 Å². The molecular weight excluding hydrogens is 254 g/mol. The monoisotopic (exact) mass is 273 g/mol. The Kier molecular flexibility index (Phi) is 3.66. The highest BCUT2D eigenvalue weighted by Gasteiger charge is 2.21. The number of amides is 1. The normalized spacial score (nSPS) is 16.8. The van der Waals surface area contributed by atoms with Crippen molar-refractivity contribution in [2.45, 2.75) is 0 Å². The SMILES string of the molecule is NCCN1CCN(C(=O)c2ccn3cncc3c2)CC1. The molecule has 20 heavy (non-hydrogen) atoms. The molecule has 0 unspecified atom stereocenters. The van der Waals surface area contributed by atoms with Gasteiger partial charge in [-0.3, -0.25) is 9.69 Å². The lowest BCUT2D eigenvalue weighted by Crippen LogP contribution is -2.49. The molecule has 1 aliphatic rings. The van der Waals surface area contributed by atoms with Crippen LogP contribution in [0.5, 0.6) is 0 Å². The minimum atomic E-state index is 0.0982. The molecule has 0 saturated carbocycles. The Balaban J connectivity index is 1.69. The molecule has 0 bridgehead atoms. The lowest BCUT2D eigenvalue weighted by atomic mass is 10.2. The number of fused-ring (bicyclic) bond motifs is 1. The Labute approximate surface area is 117 Å². The number of aromatic nitrogens is 2. The van der Waals surface area contributed by atoms with Crippen molar-refractivity contribution in [3.8, 4) is 0 Å². The molecule has 6 heteroatoms. The fourth-order valence-corrected chi connectivity index (χ4v) is 2.59. The Hall–Kier alpha value is -1.92. The summed E-state index contributed by atoms with van der Waals surface area (Å²) in [4.78, 5) is 20.8. The first-order chi connectivity index (χ1) is 9.78. The van der Waals surface area contributed by atoms with Crippen molar-refractivity contribution < 1.29 is 4.79 Å². The van der Waals surface area contributed by atoms with Crippen LogP contribution in [0.4, 0.5) is 0 Å². The van der Waals surface area contributed by atoms with Gasteiger partial charge in [0, 0.05) is 51.0 Å². The van der Waals surface area contributed by atoms with E-state index in [4.69, 9.17) is 5.73 Å². The summed E-state index contributed by atoms with van der Waals surface area (Å²) >= 11 is 0. The predicted molar refractivity (Wildman–Crippen MR) is 76.6 cm³/mol. The van der Waals surface area contributed by atoms with Crippen LogP contribution in [-0.4, -0.2) is 64.4 Å². The molecule has 2 aromatic rings. The van der Waals surface area contributed by atoms with Crippen molar-refractivity contribution in [2.75, 3.05) is 39.3 Å². The first-order valence-corrected chi connectivity index (χ1v) is 6.91. The Bertz CT molecular complexity index is 600. The van der Waals surface area contributed by atoms with Crippen molar-refractivity contribution in [3.63, 3.8) is 0 Å². The number of hydrogen-bond acceptors (Lipinski definition) is 4. The second-order valence-corrected chi connectivity index (χ2v) is 5.06. The zero-order chi connectivity index (χ0) is 13.9. The first-order valence-electron chi connectivity index (χ1n) is 6.91. The van der Waals surface area contributed by atoms with Gasteiger partial charge in [-0.05, 0) is 12.1 Å². The number of nitrogens with zero attached hydrogens (tertiary/aromatic N) is 4. The topological polar surface area (TPSA) is 66.9 Å². The molecule has 2 aromatic heterocycles. The van der Waals surface area contributed by atoms with E-state index in [1.165, 1.54) is 0 Å². The second kappa shape index (κ2) is 5.60. The van der Waals surface area contributed by atoms with Crippen LogP contribution in [0.3, 0.4) is 0 Å². The van der Waals surface area contributed by atoms with Gasteiger partial charge in [0.15, 0.2) is 0 Å². The zero-order valence-corrected chi connectivity index (χ0v) is 11.4. The van der Waals surface area contributed by atoms with E-state index in [0.29, 0.717) is 6.54 Å². The minimum absolute atomic E-state index is 0.0982. The average Bonchev–Trinajstić information content (AvgIpc) is 2.95. The summed E-state index contributed by atoms with van der Waals surface area (Å²) < 4.78 is 1.90. The van der Waals surface area contributed by atoms with Crippen molar-refractivity contribution >= 4 is 11.4 Å². The lowest BCUT2D eigenvalue weighted by molar-refractivity contribution is 0.0641. The van der Waals surface area contributed by atoms with E-state index in [2.05, 4.69) is 9.88 Å². The molecule has 1 amide bonds. The van der Waals surface area contributed by atoms with Crippen LogP contribution in [0.1, 0.15) is 10.4 Å². The molecule has 1 saturated heterocycles. The summed E-state index contributed by atoms with van der Waals surface area (Å²) in [6, 6.07) is 3.74. The highest BCUT2D eigenvalue weighted by Crippen LogP contribution is 2.11. The standard InChI is InChI=1S/C14H19N5O/c15-2-4-17-5-7-18(8-6-17)14(20)12-1-3-19-11-16-10-13(19)9-12/h1,3,9-11H,2,4-8,15H2. The molecule has 3 heterocycles. The van der Waals surface area contributed by atoms with Gasteiger partial charge in [0.2, 0.25) is 0 Å². The highest BCUT2D eigenvalue weighted by atomic mass is 16.2. The molecule has 6 nitrogen and oxygen atoms in total. The number of pyridine rings is 1. The van der Waals surface area contributed by atoms with E-state index >= 15 is 0 Å². The number of rotatable bonds is 3. The Morgan fingerprint density at radius 2 is 2.10 bits per heavy atom. The molecule has 0 spiro atoms. The van der Waals surface area contributed by atoms with Gasteiger partial charge in [0.25, 0.3) is 5.91 Å². The van der Waals surface area contributed by atoms with Crippen molar-refractivity contribution in [1.82, 2.24) is 19.2 Å². The maximum atomic E-state index is 12.5. The Morgan fingerprint density at radius 3 is 2.85 bits per heavy atom. The van der Waals surface area contributed by atoms with Gasteiger partial charge in [-0.1, -0.05) is 0 Å². The Morgan fingerprint density at radius 1 is 1.30 bits per heavy atom. The van der Waals surface area contributed by atoms with Crippen LogP contribution in [0.2, 0.25) is 0 Å². The number of imidazole rings is 1. The second-order valence-electron chi connectivity index (χ2n) is 5.06. The molecule has 106 valence electrons. The van der Waals surface area contributed by atoms with E-state index in [1.54, 1.807) is 12.5 Å². The van der Waals surface area contributed by atoms with Crippen molar-refractivity contribution in [2.24, 2.45) is 5.73 Å². The predicted octanol–water partition coefficient (Wildman–Crippen LogP) is 0.0508. The largest absolute Gasteiger partial charge is 0.336 e. The van der Waals surface area contributed by atoms with E-state index in [1.807, 2.05) is 27.6 Å². The molecule has 3 rings (SSSR count). The quantitative estimate of drug-likeness (QED) is 0.858. The van der Waals surface area contributed by atoms with E-state index in [0.717, 1.165) is 43.8 Å². The third-order valence-corrected chi connectivity index (χ3v) is 3.77. The smallest absolute Gasteiger partial charge is 0.254 e. The summed E-state index contributed by atoms with van der Waals surface area (Å²) in [7, 11) is 0. The molecular formula is C14H19N5O. The van der Waals surface area contributed by atoms with E-state index in [9.17, 15) is 4.79 Å². The molecule has 0 atom stereocenters. The van der Waals surface area contributed by atoms with Crippen molar-refractivity contribution in [3.05, 3.63) is 36.4 Å². The van der Waals surface area contributed by atoms with Gasteiger partial charge < -0.3 is 15.0 Å². The lowest BCUT2D eigenvalue weighted by Gasteiger charge is -2.34. The van der Waals surface area contributed by atoms with Crippen molar-refractivity contribution in [1.29, 1.82) is 0 Å². The van der Waals surface area contributed by atoms with Gasteiger partial charge in [-0.2, -0.15) is 0 Å². The van der Waals surface area contributed by atoms with Gasteiger partial charge >= 0.3 is 0 Å². The third kappa shape index (κ3) is 2.52. The van der Waals surface area contributed by atoms with Gasteiger partial charge in [-0.25, -0.2) is 4.98 Å². The number of hydrogen-bond donors (Lipinski definition) is 1. The van der Waals surface area contributed by atoms with E-state index in [-0.39, 0.29) is 5.91 Å². The molecule has 2 N–H and O–H groups in total. The number of carbonyl (C=O) groups excluding carboxylic acids is 1. The van der Waals surface area contributed by atoms with Crippen LogP contribution >= 0.6 is 0 Å². The first kappa shape index (κ1) is 13.1. The highest BCUT2D eigenvalue weighted by molar-refractivity contribution is 5.95. The fraction of sp³-hybridized carbons (Fsp3) is 0.429. The number of nitrogens with two attached hydrogens (primary N) is 1. The van der Waals surface area contributed by atoms with E-state index < -0.39 is 0 Å². The molecule has 0 radical (unpaired) electrons. The summed E-state index contributed by atoms with van der Waals surface area (Å²) in [5.74, 6) is 0.0982. The fourth-order valence-electron chi connectivity index (χ4n) is 2.59. The molecule has 1 fully saturated rings. The average molecular weight is 273 g/mol. The van der Waals surface area contributed by atoms with Gasteiger partial charge in [0.05, 0.1) is 18.0 Å². The van der Waals surface area contributed by atoms with Crippen LogP contribution in [0, 0.1) is 0 Å². The summed E-state index contributed by atoms with van der Waals surface area (Å²) in [6.07, 6.45) is 5.37. The van der Waals surface area contributed by atoms with Crippen LogP contribution in [0.15, 0.2) is 30.9 Å². The summed E-state index contributed by atoms with van der Waals surface area (Å²) in [6.45, 7) is 4.91. The van der Waals surface area contributed by atoms with Gasteiger partial charge in [-0.15, -0.1) is 0 Å². The number of piperazine rings is 1. The molecule has 0 aliphatic carbocycles. The summed E-state index contributed by atoms with van der Waals surface area (Å²) in [5, 5.41) is 0.